The number of hydrogen-bond acceptors (Lipinski definition) is 6. The first-order valence-electron chi connectivity index (χ1n) is 13.5. The summed E-state index contributed by atoms with van der Waals surface area (Å²) < 4.78 is 5.00. The number of anilines is 2. The second-order valence-electron chi connectivity index (χ2n) is 10.6. The number of likely N-dealkylation sites (tertiary alicyclic amines) is 1. The third kappa shape index (κ3) is 6.16. The lowest BCUT2D eigenvalue weighted by molar-refractivity contribution is -0.141. The van der Waals surface area contributed by atoms with Crippen LogP contribution in [0.3, 0.4) is 0 Å². The lowest BCUT2D eigenvalue weighted by Crippen LogP contribution is -2.48. The molecule has 2 aromatic rings. The molecule has 2 saturated heterocycles. The average Bonchev–Trinajstić information content (AvgIpc) is 3.59. The van der Waals surface area contributed by atoms with Gasteiger partial charge in [0.05, 0.1) is 0 Å². The highest BCUT2D eigenvalue weighted by molar-refractivity contribution is 5.99. The number of hydrogen-bond donors (Lipinski definition) is 3. The molecule has 1 aliphatic carbocycles. The van der Waals surface area contributed by atoms with Gasteiger partial charge >= 0.3 is 12.1 Å². The summed E-state index contributed by atoms with van der Waals surface area (Å²) in [6.45, 7) is 1.32. The predicted octanol–water partition coefficient (Wildman–Crippen LogP) is 3.40. The monoisotopic (exact) mass is 534 g/mol. The zero-order valence-corrected chi connectivity index (χ0v) is 21.8. The third-order valence-electron chi connectivity index (χ3n) is 8.12. The van der Waals surface area contributed by atoms with Crippen molar-refractivity contribution in [2.45, 2.75) is 44.1 Å². The number of nitrogens with zero attached hydrogens (tertiary/aromatic N) is 2. The Morgan fingerprint density at radius 1 is 0.949 bits per heavy atom. The minimum atomic E-state index is -1.03. The molecule has 206 valence electrons. The molecule has 2 aliphatic heterocycles. The van der Waals surface area contributed by atoms with E-state index in [0.29, 0.717) is 38.0 Å². The van der Waals surface area contributed by atoms with Crippen LogP contribution in [0.25, 0.3) is 0 Å². The number of esters is 1. The molecule has 2 aromatic carbocycles. The number of benzene rings is 2. The quantitative estimate of drug-likeness (QED) is 0.465. The topological polar surface area (TPSA) is 128 Å². The largest absolute Gasteiger partial charge is 0.465 e. The summed E-state index contributed by atoms with van der Waals surface area (Å²) >= 11 is 0. The second-order valence-corrected chi connectivity index (χ2v) is 10.6. The van der Waals surface area contributed by atoms with Gasteiger partial charge in [-0.05, 0) is 67.9 Å². The summed E-state index contributed by atoms with van der Waals surface area (Å²) in [6, 6.07) is 16.5. The van der Waals surface area contributed by atoms with Crippen molar-refractivity contribution in [1.82, 2.24) is 10.2 Å². The fourth-order valence-electron chi connectivity index (χ4n) is 6.03. The Morgan fingerprint density at radius 3 is 2.31 bits per heavy atom. The van der Waals surface area contributed by atoms with Crippen molar-refractivity contribution < 1.29 is 29.0 Å². The molecule has 3 amide bonds. The van der Waals surface area contributed by atoms with E-state index in [1.54, 1.807) is 17.0 Å². The molecule has 10 heteroatoms. The van der Waals surface area contributed by atoms with Crippen molar-refractivity contribution >= 4 is 35.3 Å². The van der Waals surface area contributed by atoms with Crippen molar-refractivity contribution in [2.24, 2.45) is 11.8 Å². The number of cyclic esters (lactones) is 1. The van der Waals surface area contributed by atoms with Crippen LogP contribution in [-0.4, -0.2) is 66.3 Å². The SMILES string of the molecule is O=C(O)NCC1CCC(C(=O)N2CCC(c3ccccc3)C2C(=O)Nc2ccc(N3COC(=O)C3)cc2)CC1. The molecule has 2 unspecified atom stereocenters. The van der Waals surface area contributed by atoms with E-state index in [0.717, 1.165) is 24.1 Å². The maximum absolute atomic E-state index is 13.7. The summed E-state index contributed by atoms with van der Waals surface area (Å²) in [5.74, 6) is -0.531. The number of amides is 3. The fraction of sp³-hybridized carbons (Fsp3) is 0.448. The van der Waals surface area contributed by atoms with Crippen LogP contribution in [0.1, 0.15) is 43.6 Å². The number of nitrogens with one attached hydrogen (secondary N) is 2. The smallest absolute Gasteiger partial charge is 0.404 e. The van der Waals surface area contributed by atoms with Gasteiger partial charge in [-0.2, -0.15) is 0 Å². The van der Waals surface area contributed by atoms with Crippen molar-refractivity contribution in [3.05, 3.63) is 60.2 Å². The summed E-state index contributed by atoms with van der Waals surface area (Å²) in [7, 11) is 0. The maximum Gasteiger partial charge on any atom is 0.404 e. The highest BCUT2D eigenvalue weighted by Crippen LogP contribution is 2.38. The maximum atomic E-state index is 13.7. The van der Waals surface area contributed by atoms with Crippen LogP contribution in [0, 0.1) is 11.8 Å². The van der Waals surface area contributed by atoms with Crippen molar-refractivity contribution in [1.29, 1.82) is 0 Å². The highest BCUT2D eigenvalue weighted by Gasteiger charge is 2.44. The van der Waals surface area contributed by atoms with Gasteiger partial charge in [-0.1, -0.05) is 30.3 Å². The molecule has 5 rings (SSSR count). The highest BCUT2D eigenvalue weighted by atomic mass is 16.6. The molecule has 39 heavy (non-hydrogen) atoms. The molecule has 0 spiro atoms. The Hall–Kier alpha value is -4.08. The molecule has 0 radical (unpaired) electrons. The van der Waals surface area contributed by atoms with E-state index in [-0.39, 0.29) is 48.8 Å². The second kappa shape index (κ2) is 11.8. The lowest BCUT2D eigenvalue weighted by atomic mass is 9.81. The van der Waals surface area contributed by atoms with Gasteiger partial charge < -0.3 is 30.3 Å². The molecule has 10 nitrogen and oxygen atoms in total. The van der Waals surface area contributed by atoms with E-state index in [1.807, 2.05) is 47.4 Å². The molecule has 1 saturated carbocycles. The molecular formula is C29H34N4O6. The number of carbonyl (C=O) groups excluding carboxylic acids is 3. The van der Waals surface area contributed by atoms with Crippen LogP contribution in [0.2, 0.25) is 0 Å². The summed E-state index contributed by atoms with van der Waals surface area (Å²) in [4.78, 5) is 53.3. The fourth-order valence-corrected chi connectivity index (χ4v) is 6.03. The molecule has 0 aromatic heterocycles. The van der Waals surface area contributed by atoms with Crippen LogP contribution in [0.15, 0.2) is 54.6 Å². The lowest BCUT2D eigenvalue weighted by Gasteiger charge is -2.33. The predicted molar refractivity (Wildman–Crippen MR) is 144 cm³/mol. The number of ether oxygens (including phenoxy) is 1. The molecule has 3 fully saturated rings. The van der Waals surface area contributed by atoms with E-state index in [9.17, 15) is 19.2 Å². The Kier molecular flexibility index (Phi) is 7.99. The number of rotatable bonds is 7. The minimum Gasteiger partial charge on any atom is -0.465 e. The minimum absolute atomic E-state index is 0.00673. The Morgan fingerprint density at radius 2 is 1.67 bits per heavy atom. The molecule has 2 atom stereocenters. The van der Waals surface area contributed by atoms with Gasteiger partial charge in [0, 0.05) is 36.3 Å². The van der Waals surface area contributed by atoms with Gasteiger partial charge in [0.25, 0.3) is 0 Å². The van der Waals surface area contributed by atoms with Crippen molar-refractivity contribution in [3.8, 4) is 0 Å². The van der Waals surface area contributed by atoms with Gasteiger partial charge in [0.15, 0.2) is 6.73 Å². The molecule has 3 aliphatic rings. The van der Waals surface area contributed by atoms with Crippen LogP contribution in [0.5, 0.6) is 0 Å². The van der Waals surface area contributed by atoms with Crippen molar-refractivity contribution in [3.63, 3.8) is 0 Å². The molecular weight excluding hydrogens is 500 g/mol. The van der Waals surface area contributed by atoms with Gasteiger partial charge in [-0.15, -0.1) is 0 Å². The standard InChI is InChI=1S/C29H34N4O6/c34-25-17-32(18-39-25)23-12-10-22(11-13-23)31-27(35)26-24(20-4-2-1-3-5-20)14-15-33(26)28(36)21-8-6-19(7-9-21)16-30-29(37)38/h1-5,10-13,19,21,24,26,30H,6-9,14-18H2,(H,31,35)(H,37,38). The van der Waals surface area contributed by atoms with Gasteiger partial charge in [0.2, 0.25) is 11.8 Å². The van der Waals surface area contributed by atoms with Gasteiger partial charge in [-0.3, -0.25) is 14.4 Å². The first-order chi connectivity index (χ1) is 18.9. The van der Waals surface area contributed by atoms with Crippen molar-refractivity contribution in [2.75, 3.05) is 36.6 Å². The summed E-state index contributed by atoms with van der Waals surface area (Å²) in [6.07, 6.45) is 2.62. The van der Waals surface area contributed by atoms with Gasteiger partial charge in [0.1, 0.15) is 12.6 Å². The number of carboxylic acid groups (broad SMARTS) is 1. The zero-order valence-electron chi connectivity index (χ0n) is 21.8. The normalized spacial score (nSPS) is 24.8. The Bertz CT molecular complexity index is 1200. The van der Waals surface area contributed by atoms with Crippen LogP contribution < -0.4 is 15.5 Å². The Labute approximate surface area is 227 Å². The van der Waals surface area contributed by atoms with Crippen LogP contribution in [0.4, 0.5) is 16.2 Å². The summed E-state index contributed by atoms with van der Waals surface area (Å²) in [5.41, 5.74) is 2.48. The summed E-state index contributed by atoms with van der Waals surface area (Å²) in [5, 5.41) is 14.3. The number of carbonyl (C=O) groups is 4. The van der Waals surface area contributed by atoms with E-state index in [4.69, 9.17) is 9.84 Å². The van der Waals surface area contributed by atoms with E-state index in [1.165, 1.54) is 0 Å². The van der Waals surface area contributed by atoms with Crippen LogP contribution >= 0.6 is 0 Å². The average molecular weight is 535 g/mol. The molecule has 2 heterocycles. The first kappa shape index (κ1) is 26.5. The molecule has 3 N–H and O–H groups in total. The van der Waals surface area contributed by atoms with E-state index < -0.39 is 12.1 Å². The van der Waals surface area contributed by atoms with E-state index in [2.05, 4.69) is 10.6 Å². The third-order valence-corrected chi connectivity index (χ3v) is 8.12. The Balaban J connectivity index is 1.28. The van der Waals surface area contributed by atoms with Crippen LogP contribution in [-0.2, 0) is 19.1 Å². The zero-order chi connectivity index (χ0) is 27.4. The molecule has 0 bridgehead atoms. The first-order valence-corrected chi connectivity index (χ1v) is 13.5. The van der Waals surface area contributed by atoms with Gasteiger partial charge in [-0.25, -0.2) is 4.79 Å². The van der Waals surface area contributed by atoms with E-state index >= 15 is 0 Å².